The Morgan fingerprint density at radius 2 is 2.39 bits per heavy atom. The van der Waals surface area contributed by atoms with Crippen molar-refractivity contribution in [2.24, 2.45) is 10.9 Å². The minimum absolute atomic E-state index is 0.0698. The molecule has 3 N–H and O–H groups in total. The van der Waals surface area contributed by atoms with Crippen molar-refractivity contribution in [2.45, 2.75) is 19.4 Å². The van der Waals surface area contributed by atoms with Crippen LogP contribution < -0.4 is 10.6 Å². The number of nitrogens with two attached hydrogens (primary N) is 1. The summed E-state index contributed by atoms with van der Waals surface area (Å²) in [6.07, 6.45) is 1.70. The van der Waals surface area contributed by atoms with Gasteiger partial charge in [-0.15, -0.1) is 0 Å². The molecule has 1 aromatic heterocycles. The van der Waals surface area contributed by atoms with E-state index in [1.54, 1.807) is 18.3 Å². The van der Waals surface area contributed by atoms with Gasteiger partial charge in [-0.3, -0.25) is 0 Å². The molecule has 2 heterocycles. The number of anilines is 1. The van der Waals surface area contributed by atoms with Crippen molar-refractivity contribution < 1.29 is 9.94 Å². The lowest BCUT2D eigenvalue weighted by Crippen LogP contribution is -2.54. The van der Waals surface area contributed by atoms with Gasteiger partial charge in [-0.1, -0.05) is 5.16 Å². The van der Waals surface area contributed by atoms with Gasteiger partial charge in [0, 0.05) is 12.7 Å². The average molecular weight is 250 g/mol. The number of hydrogen-bond donors (Lipinski definition) is 2. The van der Waals surface area contributed by atoms with Crippen LogP contribution in [0.3, 0.4) is 0 Å². The molecule has 0 spiro atoms. The molecule has 0 radical (unpaired) electrons. The minimum Gasteiger partial charge on any atom is -0.409 e. The topological polar surface area (TPSA) is 84.0 Å². The molecule has 1 saturated heterocycles. The van der Waals surface area contributed by atoms with E-state index in [9.17, 15) is 0 Å². The maximum Gasteiger partial charge on any atom is 0.173 e. The van der Waals surface area contributed by atoms with E-state index in [0.29, 0.717) is 18.8 Å². The van der Waals surface area contributed by atoms with Crippen LogP contribution >= 0.6 is 0 Å². The lowest BCUT2D eigenvalue weighted by Gasteiger charge is -2.43. The van der Waals surface area contributed by atoms with Gasteiger partial charge < -0.3 is 20.6 Å². The highest BCUT2D eigenvalue weighted by Gasteiger charge is 2.33. The molecule has 0 saturated carbocycles. The maximum absolute atomic E-state index is 8.83. The second-order valence-electron chi connectivity index (χ2n) is 4.88. The fourth-order valence-corrected chi connectivity index (χ4v) is 2.12. The largest absolute Gasteiger partial charge is 0.409 e. The third-order valence-electron chi connectivity index (χ3n) is 3.07. The normalized spacial score (nSPS) is 19.9. The molecule has 6 heteroatoms. The molecule has 1 aromatic rings. The summed E-state index contributed by atoms with van der Waals surface area (Å²) >= 11 is 0. The van der Waals surface area contributed by atoms with Gasteiger partial charge in [0.15, 0.2) is 5.84 Å². The zero-order valence-electron chi connectivity index (χ0n) is 10.6. The molecule has 0 amide bonds. The number of aromatic nitrogens is 1. The first-order valence-corrected chi connectivity index (χ1v) is 5.84. The standard InChI is InChI=1S/C12H18N4O2/c1-12(2)8-18-7-6-16(12)11-9(10(13)15-17)4-3-5-14-11/h3-5,17H,6-8H2,1-2H3,(H2,13,15). The predicted octanol–water partition coefficient (Wildman–Crippen LogP) is 0.791. The summed E-state index contributed by atoms with van der Waals surface area (Å²) in [6.45, 7) is 6.17. The summed E-state index contributed by atoms with van der Waals surface area (Å²) in [4.78, 5) is 6.49. The summed E-state index contributed by atoms with van der Waals surface area (Å²) in [5.41, 5.74) is 6.16. The Balaban J connectivity index is 2.44. The van der Waals surface area contributed by atoms with E-state index in [0.717, 1.165) is 12.4 Å². The van der Waals surface area contributed by atoms with E-state index in [4.69, 9.17) is 15.7 Å². The predicted molar refractivity (Wildman–Crippen MR) is 69.0 cm³/mol. The molecule has 0 aromatic carbocycles. The first-order valence-electron chi connectivity index (χ1n) is 5.84. The highest BCUT2D eigenvalue weighted by molar-refractivity contribution is 6.01. The zero-order chi connectivity index (χ0) is 13.2. The van der Waals surface area contributed by atoms with Gasteiger partial charge in [-0.25, -0.2) is 4.98 Å². The first-order chi connectivity index (χ1) is 8.56. The molecule has 0 unspecified atom stereocenters. The van der Waals surface area contributed by atoms with Crippen molar-refractivity contribution in [1.82, 2.24) is 4.98 Å². The summed E-state index contributed by atoms with van der Waals surface area (Å²) < 4.78 is 5.48. The van der Waals surface area contributed by atoms with Crippen LogP contribution in [0.25, 0.3) is 0 Å². The Morgan fingerprint density at radius 1 is 1.61 bits per heavy atom. The summed E-state index contributed by atoms with van der Waals surface area (Å²) in [5, 5.41) is 11.9. The quantitative estimate of drug-likeness (QED) is 0.351. The van der Waals surface area contributed by atoms with Crippen molar-refractivity contribution in [1.29, 1.82) is 0 Å². The van der Waals surface area contributed by atoms with Gasteiger partial charge in [0.05, 0.1) is 24.3 Å². The third-order valence-corrected chi connectivity index (χ3v) is 3.07. The van der Waals surface area contributed by atoms with E-state index in [1.165, 1.54) is 0 Å². The Labute approximate surface area is 106 Å². The minimum atomic E-state index is -0.170. The van der Waals surface area contributed by atoms with Gasteiger partial charge in [0.2, 0.25) is 0 Å². The van der Waals surface area contributed by atoms with Gasteiger partial charge in [0.25, 0.3) is 0 Å². The Hall–Kier alpha value is -1.82. The number of nitrogens with zero attached hydrogens (tertiary/aromatic N) is 3. The summed E-state index contributed by atoms with van der Waals surface area (Å²) in [5.74, 6) is 0.793. The molecule has 0 atom stereocenters. The molecule has 6 nitrogen and oxygen atoms in total. The fraction of sp³-hybridized carbons (Fsp3) is 0.500. The van der Waals surface area contributed by atoms with Crippen molar-refractivity contribution in [3.8, 4) is 0 Å². The van der Waals surface area contributed by atoms with E-state index >= 15 is 0 Å². The van der Waals surface area contributed by atoms with Gasteiger partial charge in [0.1, 0.15) is 5.82 Å². The van der Waals surface area contributed by atoms with Crippen molar-refractivity contribution >= 4 is 11.7 Å². The highest BCUT2D eigenvalue weighted by Crippen LogP contribution is 2.27. The number of rotatable bonds is 2. The highest BCUT2D eigenvalue weighted by atomic mass is 16.5. The molecular formula is C12H18N4O2. The summed E-state index contributed by atoms with van der Waals surface area (Å²) in [6, 6.07) is 3.56. The second-order valence-corrected chi connectivity index (χ2v) is 4.88. The number of hydrogen-bond acceptors (Lipinski definition) is 5. The van der Waals surface area contributed by atoms with E-state index in [-0.39, 0.29) is 11.4 Å². The number of amidine groups is 1. The Morgan fingerprint density at radius 3 is 3.06 bits per heavy atom. The zero-order valence-corrected chi connectivity index (χ0v) is 10.6. The van der Waals surface area contributed by atoms with Crippen LogP contribution in [0.5, 0.6) is 0 Å². The maximum atomic E-state index is 8.83. The lowest BCUT2D eigenvalue weighted by molar-refractivity contribution is 0.0639. The molecule has 18 heavy (non-hydrogen) atoms. The molecule has 2 rings (SSSR count). The average Bonchev–Trinajstić information content (AvgIpc) is 2.37. The Bertz CT molecular complexity index is 459. The lowest BCUT2D eigenvalue weighted by atomic mass is 10.0. The van der Waals surface area contributed by atoms with Crippen molar-refractivity contribution in [2.75, 3.05) is 24.7 Å². The molecule has 0 aliphatic carbocycles. The summed E-state index contributed by atoms with van der Waals surface area (Å²) in [7, 11) is 0. The fourth-order valence-electron chi connectivity index (χ4n) is 2.12. The molecule has 1 fully saturated rings. The van der Waals surface area contributed by atoms with Gasteiger partial charge in [-0.05, 0) is 26.0 Å². The molecule has 1 aliphatic heterocycles. The first kappa shape index (κ1) is 12.6. The number of pyridine rings is 1. The van der Waals surface area contributed by atoms with Crippen LogP contribution in [-0.4, -0.2) is 41.3 Å². The smallest absolute Gasteiger partial charge is 0.173 e. The van der Waals surface area contributed by atoms with Gasteiger partial charge in [-0.2, -0.15) is 0 Å². The third kappa shape index (κ3) is 2.24. The second kappa shape index (κ2) is 4.81. The van der Waals surface area contributed by atoms with Crippen LogP contribution in [-0.2, 0) is 4.74 Å². The van der Waals surface area contributed by atoms with Crippen LogP contribution in [0.15, 0.2) is 23.5 Å². The van der Waals surface area contributed by atoms with E-state index < -0.39 is 0 Å². The van der Waals surface area contributed by atoms with Crippen molar-refractivity contribution in [3.05, 3.63) is 23.9 Å². The van der Waals surface area contributed by atoms with Gasteiger partial charge >= 0.3 is 0 Å². The van der Waals surface area contributed by atoms with E-state index in [2.05, 4.69) is 28.9 Å². The van der Waals surface area contributed by atoms with Crippen LogP contribution in [0.1, 0.15) is 19.4 Å². The number of morpholine rings is 1. The molecule has 98 valence electrons. The van der Waals surface area contributed by atoms with Crippen LogP contribution in [0.2, 0.25) is 0 Å². The SMILES string of the molecule is CC1(C)COCCN1c1ncccc1C(N)=NO. The monoisotopic (exact) mass is 250 g/mol. The number of ether oxygens (including phenoxy) is 1. The van der Waals surface area contributed by atoms with Crippen molar-refractivity contribution in [3.63, 3.8) is 0 Å². The molecular weight excluding hydrogens is 232 g/mol. The van der Waals surface area contributed by atoms with Crippen LogP contribution in [0.4, 0.5) is 5.82 Å². The molecule has 0 bridgehead atoms. The van der Waals surface area contributed by atoms with Crippen LogP contribution in [0, 0.1) is 0 Å². The number of oxime groups is 1. The Kier molecular flexibility index (Phi) is 3.38. The molecule has 1 aliphatic rings. The van der Waals surface area contributed by atoms with E-state index in [1.807, 2.05) is 0 Å².